The molecular formula is C22H24N4O3. The van der Waals surface area contributed by atoms with Crippen LogP contribution in [0.2, 0.25) is 0 Å². The van der Waals surface area contributed by atoms with Crippen LogP contribution in [0.5, 0.6) is 0 Å². The molecule has 0 radical (unpaired) electrons. The Morgan fingerprint density at radius 3 is 2.55 bits per heavy atom. The monoisotopic (exact) mass is 392 g/mol. The van der Waals surface area contributed by atoms with Gasteiger partial charge in [-0.2, -0.15) is 5.10 Å². The Labute approximate surface area is 168 Å². The Balaban J connectivity index is 1.82. The number of rotatable bonds is 4. The number of amides is 1. The minimum absolute atomic E-state index is 0.123. The second-order valence-corrected chi connectivity index (χ2v) is 8.58. The second kappa shape index (κ2) is 6.69. The van der Waals surface area contributed by atoms with Gasteiger partial charge in [0.05, 0.1) is 27.7 Å². The maximum atomic E-state index is 13.2. The number of carboxylic acids is 1. The molecule has 0 aliphatic heterocycles. The van der Waals surface area contributed by atoms with Crippen LogP contribution in [0.3, 0.4) is 0 Å². The molecule has 0 atom stereocenters. The van der Waals surface area contributed by atoms with Gasteiger partial charge in [-0.1, -0.05) is 6.07 Å². The molecule has 1 fully saturated rings. The summed E-state index contributed by atoms with van der Waals surface area (Å²) in [5.74, 6) is -0.950. The van der Waals surface area contributed by atoms with Crippen LogP contribution in [0.25, 0.3) is 11.0 Å². The van der Waals surface area contributed by atoms with E-state index in [2.05, 4.69) is 31.2 Å². The minimum atomic E-state index is -1.04. The number of hydrogen-bond acceptors (Lipinski definition) is 4. The number of hydrogen-bond donors (Lipinski definition) is 2. The standard InChI is InChI=1S/C22H24N4O3/c1-12-18-16(20(27)23-15-7-5-6-14(10-15)21(28)29)11-17(13-8-9-13)24-19(18)26(25-12)22(2,3)4/h5-7,10-11,13H,8-9H2,1-4H3,(H,23,27)(H,28,29). The van der Waals surface area contributed by atoms with Gasteiger partial charge >= 0.3 is 5.97 Å². The summed E-state index contributed by atoms with van der Waals surface area (Å²) in [6, 6.07) is 8.09. The molecular weight excluding hydrogens is 368 g/mol. The molecule has 4 rings (SSSR count). The zero-order chi connectivity index (χ0) is 20.9. The van der Waals surface area contributed by atoms with E-state index in [1.165, 1.54) is 12.1 Å². The summed E-state index contributed by atoms with van der Waals surface area (Å²) in [6.07, 6.45) is 2.14. The molecule has 0 unspecified atom stereocenters. The first kappa shape index (κ1) is 19.1. The number of benzene rings is 1. The van der Waals surface area contributed by atoms with Gasteiger partial charge in [-0.25, -0.2) is 14.5 Å². The molecule has 0 bridgehead atoms. The minimum Gasteiger partial charge on any atom is -0.478 e. The number of fused-ring (bicyclic) bond motifs is 1. The molecule has 1 aromatic carbocycles. The maximum Gasteiger partial charge on any atom is 0.335 e. The first-order chi connectivity index (χ1) is 13.6. The first-order valence-corrected chi connectivity index (χ1v) is 9.70. The van der Waals surface area contributed by atoms with Gasteiger partial charge in [-0.15, -0.1) is 0 Å². The molecule has 1 aliphatic rings. The molecule has 7 nitrogen and oxygen atoms in total. The lowest BCUT2D eigenvalue weighted by Crippen LogP contribution is -2.23. The highest BCUT2D eigenvalue weighted by molar-refractivity contribution is 6.13. The number of aromatic carboxylic acids is 1. The molecule has 150 valence electrons. The van der Waals surface area contributed by atoms with Crippen LogP contribution in [0.4, 0.5) is 5.69 Å². The Hall–Kier alpha value is -3.22. The van der Waals surface area contributed by atoms with Crippen molar-refractivity contribution in [1.29, 1.82) is 0 Å². The zero-order valence-corrected chi connectivity index (χ0v) is 17.0. The summed E-state index contributed by atoms with van der Waals surface area (Å²) >= 11 is 0. The summed E-state index contributed by atoms with van der Waals surface area (Å²) < 4.78 is 1.88. The van der Waals surface area contributed by atoms with Crippen molar-refractivity contribution in [2.75, 3.05) is 5.32 Å². The van der Waals surface area contributed by atoms with E-state index in [-0.39, 0.29) is 17.0 Å². The first-order valence-electron chi connectivity index (χ1n) is 9.70. The maximum absolute atomic E-state index is 13.2. The van der Waals surface area contributed by atoms with Crippen LogP contribution in [0.15, 0.2) is 30.3 Å². The Morgan fingerprint density at radius 2 is 1.93 bits per heavy atom. The van der Waals surface area contributed by atoms with Gasteiger partial charge in [0, 0.05) is 17.3 Å². The highest BCUT2D eigenvalue weighted by Gasteiger charge is 2.30. The molecule has 2 N–H and O–H groups in total. The average Bonchev–Trinajstić information content (AvgIpc) is 3.44. The number of nitrogens with one attached hydrogen (secondary N) is 1. The largest absolute Gasteiger partial charge is 0.478 e. The van der Waals surface area contributed by atoms with Crippen molar-refractivity contribution in [2.24, 2.45) is 0 Å². The van der Waals surface area contributed by atoms with E-state index in [1.807, 2.05) is 17.7 Å². The average molecular weight is 392 g/mol. The summed E-state index contributed by atoms with van der Waals surface area (Å²) in [4.78, 5) is 29.3. The van der Waals surface area contributed by atoms with Crippen molar-refractivity contribution in [3.8, 4) is 0 Å². The molecule has 1 amide bonds. The lowest BCUT2D eigenvalue weighted by molar-refractivity contribution is 0.0696. The van der Waals surface area contributed by atoms with E-state index in [0.29, 0.717) is 22.8 Å². The molecule has 2 aromatic heterocycles. The van der Waals surface area contributed by atoms with E-state index in [0.717, 1.165) is 29.6 Å². The number of pyridine rings is 1. The van der Waals surface area contributed by atoms with Gasteiger partial charge in [0.25, 0.3) is 5.91 Å². The molecule has 1 aliphatic carbocycles. The van der Waals surface area contributed by atoms with Crippen molar-refractivity contribution in [3.63, 3.8) is 0 Å². The number of carbonyl (C=O) groups excluding carboxylic acids is 1. The predicted molar refractivity (Wildman–Crippen MR) is 111 cm³/mol. The van der Waals surface area contributed by atoms with Crippen molar-refractivity contribution in [3.05, 3.63) is 52.8 Å². The van der Waals surface area contributed by atoms with Crippen LogP contribution < -0.4 is 5.32 Å². The number of aryl methyl sites for hydroxylation is 1. The third-order valence-electron chi connectivity index (χ3n) is 5.08. The lowest BCUT2D eigenvalue weighted by atomic mass is 10.1. The Kier molecular flexibility index (Phi) is 4.41. The molecule has 0 saturated heterocycles. The third-order valence-corrected chi connectivity index (χ3v) is 5.08. The van der Waals surface area contributed by atoms with E-state index in [4.69, 9.17) is 4.98 Å². The van der Waals surface area contributed by atoms with E-state index in [9.17, 15) is 14.7 Å². The number of carboxylic acid groups (broad SMARTS) is 1. The molecule has 1 saturated carbocycles. The van der Waals surface area contributed by atoms with Crippen molar-refractivity contribution < 1.29 is 14.7 Å². The van der Waals surface area contributed by atoms with Crippen LogP contribution in [0.1, 0.15) is 71.6 Å². The number of anilines is 1. The molecule has 2 heterocycles. The van der Waals surface area contributed by atoms with E-state index >= 15 is 0 Å². The number of aromatic nitrogens is 3. The van der Waals surface area contributed by atoms with Gasteiger partial charge in [0.2, 0.25) is 0 Å². The highest BCUT2D eigenvalue weighted by Crippen LogP contribution is 2.41. The van der Waals surface area contributed by atoms with Crippen LogP contribution in [0, 0.1) is 6.92 Å². The summed E-state index contributed by atoms with van der Waals surface area (Å²) in [6.45, 7) is 8.05. The molecule has 0 spiro atoms. The Bertz CT molecular complexity index is 1140. The van der Waals surface area contributed by atoms with Crippen LogP contribution in [-0.2, 0) is 5.54 Å². The van der Waals surface area contributed by atoms with Crippen LogP contribution >= 0.6 is 0 Å². The zero-order valence-electron chi connectivity index (χ0n) is 17.0. The molecule has 29 heavy (non-hydrogen) atoms. The van der Waals surface area contributed by atoms with Gasteiger partial charge in [-0.05, 0) is 64.8 Å². The van der Waals surface area contributed by atoms with E-state index < -0.39 is 5.97 Å². The lowest BCUT2D eigenvalue weighted by Gasteiger charge is -2.20. The summed E-state index contributed by atoms with van der Waals surface area (Å²) in [5, 5.41) is 17.4. The topological polar surface area (TPSA) is 97.1 Å². The normalized spacial score (nSPS) is 14.2. The van der Waals surface area contributed by atoms with Gasteiger partial charge < -0.3 is 10.4 Å². The SMILES string of the molecule is Cc1nn(C(C)(C)C)c2nc(C3CC3)cc(C(=O)Nc3cccc(C(=O)O)c3)c12. The number of carbonyl (C=O) groups is 2. The van der Waals surface area contributed by atoms with Gasteiger partial charge in [-0.3, -0.25) is 4.79 Å². The fourth-order valence-electron chi connectivity index (χ4n) is 3.47. The highest BCUT2D eigenvalue weighted by atomic mass is 16.4. The summed E-state index contributed by atoms with van der Waals surface area (Å²) in [5.41, 5.74) is 3.17. The fraction of sp³-hybridized carbons (Fsp3) is 0.364. The predicted octanol–water partition coefficient (Wildman–Crippen LogP) is 4.32. The quantitative estimate of drug-likeness (QED) is 0.689. The summed E-state index contributed by atoms with van der Waals surface area (Å²) in [7, 11) is 0. The smallest absolute Gasteiger partial charge is 0.335 e. The van der Waals surface area contributed by atoms with Crippen molar-refractivity contribution >= 4 is 28.6 Å². The van der Waals surface area contributed by atoms with Crippen molar-refractivity contribution in [2.45, 2.75) is 52.0 Å². The van der Waals surface area contributed by atoms with Gasteiger partial charge in [0.15, 0.2) is 5.65 Å². The molecule has 7 heteroatoms. The van der Waals surface area contributed by atoms with E-state index in [1.54, 1.807) is 12.1 Å². The Morgan fingerprint density at radius 1 is 1.21 bits per heavy atom. The molecule has 3 aromatic rings. The van der Waals surface area contributed by atoms with Crippen LogP contribution in [-0.4, -0.2) is 31.7 Å². The number of nitrogens with zero attached hydrogens (tertiary/aromatic N) is 3. The third kappa shape index (κ3) is 3.60. The van der Waals surface area contributed by atoms with Crippen molar-refractivity contribution in [1.82, 2.24) is 14.8 Å². The second-order valence-electron chi connectivity index (χ2n) is 8.58. The fourth-order valence-corrected chi connectivity index (χ4v) is 3.47. The van der Waals surface area contributed by atoms with Gasteiger partial charge in [0.1, 0.15) is 0 Å².